The van der Waals surface area contributed by atoms with Crippen LogP contribution in [0.2, 0.25) is 0 Å². The number of fused-ring (bicyclic) bond motifs is 1. The Balaban J connectivity index is 2.63. The summed E-state index contributed by atoms with van der Waals surface area (Å²) >= 11 is 2.82. The zero-order chi connectivity index (χ0) is 15.1. The van der Waals surface area contributed by atoms with Gasteiger partial charge in [0.05, 0.1) is 11.1 Å². The second-order valence-corrected chi connectivity index (χ2v) is 4.53. The molecule has 0 bridgehead atoms. The molecule has 0 atom stereocenters. The van der Waals surface area contributed by atoms with E-state index >= 15 is 0 Å². The highest BCUT2D eigenvalue weighted by Gasteiger charge is 2.35. The van der Waals surface area contributed by atoms with Crippen molar-refractivity contribution in [2.75, 3.05) is 0 Å². The van der Waals surface area contributed by atoms with E-state index in [9.17, 15) is 26.3 Å². The summed E-state index contributed by atoms with van der Waals surface area (Å²) in [5.41, 5.74) is -1.19. The molecule has 108 valence electrons. The fourth-order valence-corrected chi connectivity index (χ4v) is 2.02. The van der Waals surface area contributed by atoms with Crippen LogP contribution in [-0.2, 0) is 6.18 Å². The first kappa shape index (κ1) is 14.9. The van der Waals surface area contributed by atoms with Gasteiger partial charge in [-0.1, -0.05) is 0 Å². The van der Waals surface area contributed by atoms with Gasteiger partial charge in [-0.3, -0.25) is 0 Å². The molecule has 0 N–H and O–H groups in total. The standard InChI is InChI=1S/C11H4BrF6NO/c12-9-4-7(10(13,14)15)6-3-5(20-11(16,17)18)1-2-8(6)19-9/h1-4H. The molecule has 1 aromatic heterocycles. The Labute approximate surface area is 116 Å². The Morgan fingerprint density at radius 3 is 2.20 bits per heavy atom. The van der Waals surface area contributed by atoms with E-state index in [4.69, 9.17) is 0 Å². The molecule has 0 saturated heterocycles. The number of hydrogen-bond donors (Lipinski definition) is 0. The van der Waals surface area contributed by atoms with Crippen LogP contribution in [-0.4, -0.2) is 11.3 Å². The minimum Gasteiger partial charge on any atom is -0.406 e. The second-order valence-electron chi connectivity index (χ2n) is 3.72. The maximum atomic E-state index is 12.9. The van der Waals surface area contributed by atoms with Crippen LogP contribution in [0.4, 0.5) is 26.3 Å². The first-order chi connectivity index (χ1) is 9.06. The van der Waals surface area contributed by atoms with Crippen molar-refractivity contribution in [1.82, 2.24) is 4.98 Å². The number of alkyl halides is 6. The Morgan fingerprint density at radius 1 is 1.00 bits per heavy atom. The van der Waals surface area contributed by atoms with Gasteiger partial charge < -0.3 is 4.74 Å². The van der Waals surface area contributed by atoms with E-state index in [1.807, 2.05) is 0 Å². The van der Waals surface area contributed by atoms with Gasteiger partial charge in [-0.05, 0) is 40.2 Å². The number of rotatable bonds is 1. The minimum absolute atomic E-state index is 0.0678. The van der Waals surface area contributed by atoms with E-state index < -0.39 is 29.2 Å². The third-order valence-corrected chi connectivity index (χ3v) is 2.69. The average molecular weight is 360 g/mol. The fourth-order valence-electron chi connectivity index (χ4n) is 1.60. The van der Waals surface area contributed by atoms with Gasteiger partial charge in [-0.2, -0.15) is 13.2 Å². The topological polar surface area (TPSA) is 22.1 Å². The SMILES string of the molecule is FC(F)(F)Oc1ccc2nc(Br)cc(C(F)(F)F)c2c1. The number of pyridine rings is 1. The number of aromatic nitrogens is 1. The first-order valence-electron chi connectivity index (χ1n) is 4.99. The van der Waals surface area contributed by atoms with Crippen molar-refractivity contribution >= 4 is 26.8 Å². The normalized spacial score (nSPS) is 12.8. The second kappa shape index (κ2) is 4.80. The van der Waals surface area contributed by atoms with Crippen molar-refractivity contribution < 1.29 is 31.1 Å². The van der Waals surface area contributed by atoms with E-state index in [1.54, 1.807) is 0 Å². The van der Waals surface area contributed by atoms with Gasteiger partial charge in [-0.25, -0.2) is 4.98 Å². The molecule has 0 spiro atoms. The molecule has 2 aromatic rings. The van der Waals surface area contributed by atoms with Gasteiger partial charge in [0.25, 0.3) is 0 Å². The Bertz CT molecular complexity index is 652. The summed E-state index contributed by atoms with van der Waals surface area (Å²) in [6.07, 6.45) is -9.70. The number of halogens is 7. The van der Waals surface area contributed by atoms with Crippen LogP contribution in [0.3, 0.4) is 0 Å². The molecular formula is C11H4BrF6NO. The maximum absolute atomic E-state index is 12.9. The van der Waals surface area contributed by atoms with E-state index in [0.717, 1.165) is 12.1 Å². The van der Waals surface area contributed by atoms with Crippen molar-refractivity contribution in [2.24, 2.45) is 0 Å². The Morgan fingerprint density at radius 2 is 1.65 bits per heavy atom. The lowest BCUT2D eigenvalue weighted by Crippen LogP contribution is -2.17. The summed E-state index contributed by atoms with van der Waals surface area (Å²) in [4.78, 5) is 3.77. The molecule has 0 radical (unpaired) electrons. The van der Waals surface area contributed by atoms with E-state index in [0.29, 0.717) is 12.1 Å². The molecule has 0 aliphatic carbocycles. The summed E-state index contributed by atoms with van der Waals surface area (Å²) in [5, 5.41) is -0.470. The molecule has 20 heavy (non-hydrogen) atoms. The largest absolute Gasteiger partial charge is 0.573 e. The van der Waals surface area contributed by atoms with Crippen molar-refractivity contribution in [1.29, 1.82) is 0 Å². The van der Waals surface area contributed by atoms with Crippen LogP contribution < -0.4 is 4.74 Å². The summed E-state index contributed by atoms with van der Waals surface area (Å²) in [5.74, 6) is -0.736. The van der Waals surface area contributed by atoms with Gasteiger partial charge in [-0.15, -0.1) is 13.2 Å². The molecule has 0 unspecified atom stereocenters. The van der Waals surface area contributed by atoms with Gasteiger partial charge >= 0.3 is 12.5 Å². The number of benzene rings is 1. The molecule has 0 aliphatic heterocycles. The highest BCUT2D eigenvalue weighted by molar-refractivity contribution is 9.10. The third kappa shape index (κ3) is 3.33. The summed E-state index contributed by atoms with van der Waals surface area (Å²) in [7, 11) is 0. The van der Waals surface area contributed by atoms with Gasteiger partial charge in [0.15, 0.2) is 0 Å². The zero-order valence-corrected chi connectivity index (χ0v) is 10.9. The predicted molar refractivity (Wildman–Crippen MR) is 61.1 cm³/mol. The van der Waals surface area contributed by atoms with Crippen LogP contribution in [0.5, 0.6) is 5.75 Å². The Kier molecular flexibility index (Phi) is 3.57. The van der Waals surface area contributed by atoms with Gasteiger partial charge in [0, 0.05) is 5.39 Å². The average Bonchev–Trinajstić information content (AvgIpc) is 2.25. The molecule has 1 heterocycles. The number of hydrogen-bond acceptors (Lipinski definition) is 2. The third-order valence-electron chi connectivity index (χ3n) is 2.29. The number of ether oxygens (including phenoxy) is 1. The fraction of sp³-hybridized carbons (Fsp3) is 0.182. The lowest BCUT2D eigenvalue weighted by atomic mass is 10.1. The van der Waals surface area contributed by atoms with E-state index in [1.165, 1.54) is 0 Å². The molecular weight excluding hydrogens is 356 g/mol. The highest BCUT2D eigenvalue weighted by Crippen LogP contribution is 2.37. The van der Waals surface area contributed by atoms with Crippen LogP contribution in [0.25, 0.3) is 10.9 Å². The van der Waals surface area contributed by atoms with Crippen molar-refractivity contribution in [2.45, 2.75) is 12.5 Å². The summed E-state index contributed by atoms with van der Waals surface area (Å²) < 4.78 is 78.3. The van der Waals surface area contributed by atoms with Crippen LogP contribution in [0.15, 0.2) is 28.9 Å². The van der Waals surface area contributed by atoms with E-state index in [2.05, 4.69) is 25.7 Å². The molecule has 0 fully saturated rings. The number of nitrogens with zero attached hydrogens (tertiary/aromatic N) is 1. The molecule has 9 heteroatoms. The van der Waals surface area contributed by atoms with Crippen LogP contribution >= 0.6 is 15.9 Å². The van der Waals surface area contributed by atoms with Gasteiger partial charge in [0.2, 0.25) is 0 Å². The monoisotopic (exact) mass is 359 g/mol. The molecule has 0 aliphatic rings. The van der Waals surface area contributed by atoms with Crippen molar-refractivity contribution in [3.63, 3.8) is 0 Å². The lowest BCUT2D eigenvalue weighted by Gasteiger charge is -2.13. The zero-order valence-electron chi connectivity index (χ0n) is 9.31. The minimum atomic E-state index is -4.98. The lowest BCUT2D eigenvalue weighted by molar-refractivity contribution is -0.274. The van der Waals surface area contributed by atoms with Crippen molar-refractivity contribution in [3.05, 3.63) is 34.4 Å². The quantitative estimate of drug-likeness (QED) is 0.532. The molecule has 0 amide bonds. The summed E-state index contributed by atoms with van der Waals surface area (Å²) in [6, 6.07) is 3.27. The van der Waals surface area contributed by atoms with Crippen molar-refractivity contribution in [3.8, 4) is 5.75 Å². The molecule has 1 aromatic carbocycles. The predicted octanol–water partition coefficient (Wildman–Crippen LogP) is 4.91. The molecule has 2 rings (SSSR count). The summed E-state index contributed by atoms with van der Waals surface area (Å²) in [6.45, 7) is 0. The van der Waals surface area contributed by atoms with E-state index in [-0.39, 0.29) is 10.1 Å². The first-order valence-corrected chi connectivity index (χ1v) is 5.79. The van der Waals surface area contributed by atoms with Crippen LogP contribution in [0, 0.1) is 0 Å². The molecule has 0 saturated carbocycles. The highest BCUT2D eigenvalue weighted by atomic mass is 79.9. The van der Waals surface area contributed by atoms with Gasteiger partial charge in [0.1, 0.15) is 10.4 Å². The Hall–Kier alpha value is -1.51. The maximum Gasteiger partial charge on any atom is 0.573 e. The molecule has 2 nitrogen and oxygen atoms in total. The van der Waals surface area contributed by atoms with Crippen LogP contribution in [0.1, 0.15) is 5.56 Å². The smallest absolute Gasteiger partial charge is 0.406 e.